The van der Waals surface area contributed by atoms with Gasteiger partial charge in [0, 0.05) is 34.8 Å². The van der Waals surface area contributed by atoms with E-state index in [2.05, 4.69) is 4.90 Å². The Bertz CT molecular complexity index is 1060. The summed E-state index contributed by atoms with van der Waals surface area (Å²) >= 11 is 1.09. The molecule has 2 aromatic carbocycles. The number of phenols is 1. The minimum Gasteiger partial charge on any atom is -0.508 e. The molecule has 3 aromatic rings. The standard InChI is InChI=1S/C23H23NO4S/c25-17-5-8-19-20(12-17)29-23(27)21(19)22(26)15-2-6-18(7-3-15)28-10-9-24-13-14-1-4-16(24)11-14/h2-3,5-8,12,14,16,25,27H,1,4,9-11,13H2. The molecule has 29 heavy (non-hydrogen) atoms. The summed E-state index contributed by atoms with van der Waals surface area (Å²) in [5, 5.41) is 20.5. The van der Waals surface area contributed by atoms with E-state index in [9.17, 15) is 15.0 Å². The van der Waals surface area contributed by atoms with E-state index < -0.39 is 0 Å². The average molecular weight is 410 g/mol. The molecule has 2 bridgehead atoms. The maximum atomic E-state index is 12.9. The number of likely N-dealkylation sites (tertiary alicyclic amines) is 1. The van der Waals surface area contributed by atoms with Gasteiger partial charge in [0.15, 0.2) is 10.8 Å². The summed E-state index contributed by atoms with van der Waals surface area (Å²) in [6.45, 7) is 2.80. The van der Waals surface area contributed by atoms with Crippen molar-refractivity contribution in [2.75, 3.05) is 19.7 Å². The number of ether oxygens (including phenoxy) is 1. The van der Waals surface area contributed by atoms with Crippen LogP contribution in [-0.4, -0.2) is 46.6 Å². The molecule has 1 saturated heterocycles. The monoisotopic (exact) mass is 409 g/mol. The lowest BCUT2D eigenvalue weighted by molar-refractivity contribution is 0.103. The molecular formula is C23H23NO4S. The van der Waals surface area contributed by atoms with Crippen molar-refractivity contribution in [3.05, 3.63) is 53.6 Å². The predicted molar refractivity (Wildman–Crippen MR) is 113 cm³/mol. The van der Waals surface area contributed by atoms with E-state index in [-0.39, 0.29) is 22.2 Å². The van der Waals surface area contributed by atoms with Gasteiger partial charge >= 0.3 is 0 Å². The summed E-state index contributed by atoms with van der Waals surface area (Å²) in [5.41, 5.74) is 0.778. The Morgan fingerprint density at radius 2 is 1.97 bits per heavy atom. The summed E-state index contributed by atoms with van der Waals surface area (Å²) in [4.78, 5) is 15.5. The predicted octanol–water partition coefficient (Wildman–Crippen LogP) is 4.41. The van der Waals surface area contributed by atoms with Gasteiger partial charge in [0.05, 0.1) is 5.56 Å². The summed E-state index contributed by atoms with van der Waals surface area (Å²) < 4.78 is 6.56. The van der Waals surface area contributed by atoms with Crippen molar-refractivity contribution in [3.8, 4) is 16.6 Å². The molecule has 1 aliphatic heterocycles. The van der Waals surface area contributed by atoms with Crippen LogP contribution in [0.5, 0.6) is 16.6 Å². The lowest BCUT2D eigenvalue weighted by Crippen LogP contribution is -2.35. The number of carbonyl (C=O) groups excluding carboxylic acids is 1. The van der Waals surface area contributed by atoms with Gasteiger partial charge in [-0.1, -0.05) is 11.3 Å². The molecule has 1 aliphatic carbocycles. The van der Waals surface area contributed by atoms with Gasteiger partial charge in [0.2, 0.25) is 0 Å². The molecule has 2 N–H and O–H groups in total. The molecular weight excluding hydrogens is 386 g/mol. The SMILES string of the molecule is O=C(c1ccc(OCCN2CC3CCC2C3)cc1)c1c(O)sc2cc(O)ccc12. The molecule has 2 fully saturated rings. The normalized spacial score (nSPS) is 21.1. The van der Waals surface area contributed by atoms with Crippen molar-refractivity contribution in [2.24, 2.45) is 5.92 Å². The Morgan fingerprint density at radius 1 is 1.14 bits per heavy atom. The molecule has 1 aromatic heterocycles. The average Bonchev–Trinajstić information content (AvgIpc) is 3.41. The topological polar surface area (TPSA) is 70.0 Å². The summed E-state index contributed by atoms with van der Waals surface area (Å²) in [6, 6.07) is 12.6. The van der Waals surface area contributed by atoms with Gasteiger partial charge in [0.25, 0.3) is 0 Å². The molecule has 150 valence electrons. The number of nitrogens with zero attached hydrogens (tertiary/aromatic N) is 1. The van der Waals surface area contributed by atoms with Crippen molar-refractivity contribution in [1.29, 1.82) is 0 Å². The zero-order chi connectivity index (χ0) is 20.0. The number of ketones is 1. The number of thiophene rings is 1. The molecule has 6 heteroatoms. The molecule has 2 aliphatic rings. The third-order valence-corrected chi connectivity index (χ3v) is 7.12. The Labute approximate surface area is 173 Å². The van der Waals surface area contributed by atoms with Crippen LogP contribution in [0, 0.1) is 5.92 Å². The summed E-state index contributed by atoms with van der Waals surface area (Å²) in [7, 11) is 0. The van der Waals surface area contributed by atoms with Crippen molar-refractivity contribution >= 4 is 27.2 Å². The van der Waals surface area contributed by atoms with E-state index >= 15 is 0 Å². The fourth-order valence-electron chi connectivity index (χ4n) is 4.72. The van der Waals surface area contributed by atoms with Crippen LogP contribution >= 0.6 is 11.3 Å². The van der Waals surface area contributed by atoms with Crippen molar-refractivity contribution in [1.82, 2.24) is 4.90 Å². The summed E-state index contributed by atoms with van der Waals surface area (Å²) in [5.74, 6) is 1.51. The highest BCUT2D eigenvalue weighted by Crippen LogP contribution is 2.39. The second-order valence-electron chi connectivity index (χ2n) is 7.99. The van der Waals surface area contributed by atoms with Gasteiger partial charge < -0.3 is 14.9 Å². The number of aromatic hydroxyl groups is 2. The van der Waals surface area contributed by atoms with Gasteiger partial charge in [0.1, 0.15) is 18.1 Å². The molecule has 5 rings (SSSR count). The third-order valence-electron chi connectivity index (χ3n) is 6.17. The maximum absolute atomic E-state index is 12.9. The lowest BCUT2D eigenvalue weighted by Gasteiger charge is -2.26. The van der Waals surface area contributed by atoms with Gasteiger partial charge in [-0.05, 0) is 67.6 Å². The zero-order valence-electron chi connectivity index (χ0n) is 16.0. The second-order valence-corrected chi connectivity index (χ2v) is 9.02. The highest BCUT2D eigenvalue weighted by molar-refractivity contribution is 7.21. The minimum atomic E-state index is -0.237. The van der Waals surface area contributed by atoms with E-state index in [1.165, 1.54) is 31.9 Å². The number of carbonyl (C=O) groups is 1. The Hall–Kier alpha value is -2.57. The van der Waals surface area contributed by atoms with Crippen molar-refractivity contribution < 1.29 is 19.7 Å². The van der Waals surface area contributed by atoms with Gasteiger partial charge in [-0.2, -0.15) is 0 Å². The first-order valence-electron chi connectivity index (χ1n) is 10.0. The number of fused-ring (bicyclic) bond motifs is 3. The highest BCUT2D eigenvalue weighted by atomic mass is 32.1. The van der Waals surface area contributed by atoms with E-state index in [1.54, 1.807) is 36.4 Å². The first-order valence-corrected chi connectivity index (χ1v) is 10.9. The molecule has 2 unspecified atom stereocenters. The largest absolute Gasteiger partial charge is 0.508 e. The van der Waals surface area contributed by atoms with E-state index in [4.69, 9.17) is 4.74 Å². The molecule has 0 amide bonds. The third kappa shape index (κ3) is 3.47. The fraction of sp³-hybridized carbons (Fsp3) is 0.348. The molecule has 1 saturated carbocycles. The van der Waals surface area contributed by atoms with Gasteiger partial charge in [-0.15, -0.1) is 0 Å². The van der Waals surface area contributed by atoms with Crippen molar-refractivity contribution in [3.63, 3.8) is 0 Å². The first-order chi connectivity index (χ1) is 14.1. The van der Waals surface area contributed by atoms with Crippen LogP contribution in [0.15, 0.2) is 42.5 Å². The number of hydrogen-bond acceptors (Lipinski definition) is 6. The number of rotatable bonds is 6. The summed E-state index contributed by atoms with van der Waals surface area (Å²) in [6.07, 6.45) is 4.05. The first kappa shape index (κ1) is 18.5. The van der Waals surface area contributed by atoms with Crippen LogP contribution in [0.25, 0.3) is 10.1 Å². The number of phenolic OH excluding ortho intramolecular Hbond substituents is 1. The highest BCUT2D eigenvalue weighted by Gasteiger charge is 2.37. The van der Waals surface area contributed by atoms with Crippen LogP contribution in [0.4, 0.5) is 0 Å². The second kappa shape index (κ2) is 7.35. The Morgan fingerprint density at radius 3 is 2.69 bits per heavy atom. The number of piperidine rings is 1. The number of benzene rings is 2. The van der Waals surface area contributed by atoms with E-state index in [0.717, 1.165) is 35.6 Å². The van der Waals surface area contributed by atoms with E-state index in [0.29, 0.717) is 22.3 Å². The molecule has 0 radical (unpaired) electrons. The van der Waals surface area contributed by atoms with Gasteiger partial charge in [-0.25, -0.2) is 0 Å². The van der Waals surface area contributed by atoms with Crippen LogP contribution in [0.3, 0.4) is 0 Å². The lowest BCUT2D eigenvalue weighted by atomic mass is 10.0. The number of hydrogen-bond donors (Lipinski definition) is 2. The minimum absolute atomic E-state index is 0.0316. The molecule has 2 heterocycles. The zero-order valence-corrected chi connectivity index (χ0v) is 16.8. The fourth-order valence-corrected chi connectivity index (χ4v) is 5.69. The van der Waals surface area contributed by atoms with Crippen LogP contribution in [-0.2, 0) is 0 Å². The molecule has 2 atom stereocenters. The molecule has 5 nitrogen and oxygen atoms in total. The van der Waals surface area contributed by atoms with E-state index in [1.807, 2.05) is 0 Å². The quantitative estimate of drug-likeness (QED) is 0.591. The Kier molecular flexibility index (Phi) is 4.68. The Balaban J connectivity index is 1.25. The van der Waals surface area contributed by atoms with Crippen molar-refractivity contribution in [2.45, 2.75) is 25.3 Å². The van der Waals surface area contributed by atoms with Gasteiger partial charge in [-0.3, -0.25) is 9.69 Å². The molecule has 0 spiro atoms. The maximum Gasteiger partial charge on any atom is 0.198 e. The van der Waals surface area contributed by atoms with Crippen LogP contribution in [0.1, 0.15) is 35.2 Å². The smallest absolute Gasteiger partial charge is 0.198 e. The van der Waals surface area contributed by atoms with Crippen LogP contribution in [0.2, 0.25) is 0 Å². The van der Waals surface area contributed by atoms with Crippen LogP contribution < -0.4 is 4.74 Å².